The Bertz CT molecular complexity index is 1680. The SMILES string of the molecule is CC1CC=C(c2ccc3c(c2)sc2ccccc23)c2[nH]c3cc4ccccc4cc3c21. The molecule has 0 bridgehead atoms. The van der Waals surface area contributed by atoms with Gasteiger partial charge in [0.2, 0.25) is 0 Å². The molecule has 0 aliphatic heterocycles. The molecule has 0 amide bonds. The molecular formula is C29H21NS. The monoisotopic (exact) mass is 415 g/mol. The molecule has 1 N–H and O–H groups in total. The van der Waals surface area contributed by atoms with Gasteiger partial charge in [0.1, 0.15) is 0 Å². The summed E-state index contributed by atoms with van der Waals surface area (Å²) in [6.07, 6.45) is 3.50. The van der Waals surface area contributed by atoms with Crippen LogP contribution in [0.15, 0.2) is 84.9 Å². The molecule has 4 aromatic carbocycles. The average molecular weight is 416 g/mol. The zero-order valence-electron chi connectivity index (χ0n) is 17.3. The van der Waals surface area contributed by atoms with Crippen molar-refractivity contribution < 1.29 is 0 Å². The van der Waals surface area contributed by atoms with Crippen LogP contribution < -0.4 is 0 Å². The number of hydrogen-bond acceptors (Lipinski definition) is 1. The Morgan fingerprint density at radius 3 is 2.45 bits per heavy atom. The number of allylic oxidation sites excluding steroid dienone is 1. The molecule has 0 radical (unpaired) electrons. The fraction of sp³-hybridized carbons (Fsp3) is 0.103. The molecule has 1 unspecified atom stereocenters. The maximum Gasteiger partial charge on any atom is 0.0503 e. The van der Waals surface area contributed by atoms with Gasteiger partial charge in [0.25, 0.3) is 0 Å². The average Bonchev–Trinajstić information content (AvgIpc) is 3.35. The Labute approximate surface area is 184 Å². The zero-order chi connectivity index (χ0) is 20.5. The van der Waals surface area contributed by atoms with E-state index < -0.39 is 0 Å². The number of thiophene rings is 1. The van der Waals surface area contributed by atoms with Crippen LogP contribution in [0, 0.1) is 0 Å². The lowest BCUT2D eigenvalue weighted by Gasteiger charge is -2.20. The van der Waals surface area contributed by atoms with Crippen molar-refractivity contribution in [2.24, 2.45) is 0 Å². The molecule has 7 rings (SSSR count). The molecule has 0 fully saturated rings. The summed E-state index contributed by atoms with van der Waals surface area (Å²) < 4.78 is 2.72. The highest BCUT2D eigenvalue weighted by Crippen LogP contribution is 2.44. The van der Waals surface area contributed by atoms with Crippen LogP contribution >= 0.6 is 11.3 Å². The molecule has 0 saturated carbocycles. The van der Waals surface area contributed by atoms with Crippen LogP contribution in [0.1, 0.15) is 36.1 Å². The van der Waals surface area contributed by atoms with Crippen LogP contribution in [-0.2, 0) is 0 Å². The minimum absolute atomic E-state index is 0.515. The zero-order valence-corrected chi connectivity index (χ0v) is 18.1. The first kappa shape index (κ1) is 17.3. The normalized spacial score (nSPS) is 16.3. The third-order valence-corrected chi connectivity index (χ3v) is 7.97. The number of benzene rings is 4. The smallest absolute Gasteiger partial charge is 0.0503 e. The second kappa shape index (κ2) is 6.32. The fourth-order valence-electron chi connectivity index (χ4n) is 5.30. The van der Waals surface area contributed by atoms with Gasteiger partial charge in [-0.1, -0.05) is 67.6 Å². The Balaban J connectivity index is 1.46. The number of rotatable bonds is 1. The second-order valence-corrected chi connectivity index (χ2v) is 9.81. The van der Waals surface area contributed by atoms with E-state index in [2.05, 4.69) is 96.8 Å². The quantitative estimate of drug-likeness (QED) is 0.277. The van der Waals surface area contributed by atoms with E-state index in [9.17, 15) is 0 Å². The highest BCUT2D eigenvalue weighted by molar-refractivity contribution is 7.25. The standard InChI is InChI=1S/C29H21NS/c1-17-10-12-21(20-11-13-23-22-8-4-5-9-26(22)31-27(23)16-20)29-28(17)24-14-18-6-2-3-7-19(18)15-25(24)30-29/h2-9,11-17,30H,10H2,1H3. The third-order valence-electron chi connectivity index (χ3n) is 6.83. The summed E-state index contributed by atoms with van der Waals surface area (Å²) in [5, 5.41) is 6.69. The van der Waals surface area contributed by atoms with Crippen molar-refractivity contribution in [3.63, 3.8) is 0 Å². The largest absolute Gasteiger partial charge is 0.354 e. The van der Waals surface area contributed by atoms with Crippen molar-refractivity contribution in [2.45, 2.75) is 19.3 Å². The Morgan fingerprint density at radius 2 is 1.55 bits per heavy atom. The van der Waals surface area contributed by atoms with E-state index >= 15 is 0 Å². The lowest BCUT2D eigenvalue weighted by Crippen LogP contribution is -2.03. The predicted octanol–water partition coefficient (Wildman–Crippen LogP) is 8.63. The lowest BCUT2D eigenvalue weighted by molar-refractivity contribution is 0.774. The summed E-state index contributed by atoms with van der Waals surface area (Å²) in [6, 6.07) is 29.0. The molecule has 6 aromatic rings. The number of fused-ring (bicyclic) bond motifs is 7. The minimum atomic E-state index is 0.515. The predicted molar refractivity (Wildman–Crippen MR) is 135 cm³/mol. The summed E-state index contributed by atoms with van der Waals surface area (Å²) in [5.74, 6) is 0.515. The molecule has 1 atom stereocenters. The molecular weight excluding hydrogens is 394 g/mol. The number of aromatic amines is 1. The van der Waals surface area contributed by atoms with Crippen molar-refractivity contribution in [3.8, 4) is 0 Å². The van der Waals surface area contributed by atoms with E-state index in [1.54, 1.807) is 0 Å². The van der Waals surface area contributed by atoms with E-state index in [0.717, 1.165) is 6.42 Å². The first-order valence-corrected chi connectivity index (χ1v) is 11.7. The maximum atomic E-state index is 3.80. The first-order valence-electron chi connectivity index (χ1n) is 10.9. The fourth-order valence-corrected chi connectivity index (χ4v) is 6.44. The molecule has 0 saturated heterocycles. The molecule has 31 heavy (non-hydrogen) atoms. The van der Waals surface area contributed by atoms with Gasteiger partial charge >= 0.3 is 0 Å². The van der Waals surface area contributed by atoms with Crippen LogP contribution in [0.2, 0.25) is 0 Å². The Hall–Kier alpha value is -3.36. The van der Waals surface area contributed by atoms with E-state index in [1.807, 2.05) is 11.3 Å². The maximum absolute atomic E-state index is 3.80. The molecule has 2 heteroatoms. The summed E-state index contributed by atoms with van der Waals surface area (Å²) in [6.45, 7) is 2.35. The van der Waals surface area contributed by atoms with E-state index in [0.29, 0.717) is 5.92 Å². The molecule has 1 nitrogen and oxygen atoms in total. The van der Waals surface area contributed by atoms with Crippen molar-refractivity contribution in [1.29, 1.82) is 0 Å². The van der Waals surface area contributed by atoms with Crippen molar-refractivity contribution >= 4 is 58.8 Å². The summed E-state index contributed by atoms with van der Waals surface area (Å²) in [5.41, 5.74) is 6.65. The highest BCUT2D eigenvalue weighted by atomic mass is 32.1. The van der Waals surface area contributed by atoms with Gasteiger partial charge in [-0.15, -0.1) is 11.3 Å². The summed E-state index contributed by atoms with van der Waals surface area (Å²) in [4.78, 5) is 3.80. The summed E-state index contributed by atoms with van der Waals surface area (Å²) >= 11 is 1.89. The number of H-pyrrole nitrogens is 1. The number of hydrogen-bond donors (Lipinski definition) is 1. The van der Waals surface area contributed by atoms with Crippen LogP contribution in [0.3, 0.4) is 0 Å². The Kier molecular flexibility index (Phi) is 3.53. The molecule has 148 valence electrons. The highest BCUT2D eigenvalue weighted by Gasteiger charge is 2.24. The van der Waals surface area contributed by atoms with Crippen LogP contribution in [-0.4, -0.2) is 4.98 Å². The van der Waals surface area contributed by atoms with Gasteiger partial charge < -0.3 is 4.98 Å². The topological polar surface area (TPSA) is 15.8 Å². The second-order valence-electron chi connectivity index (χ2n) is 8.72. The summed E-state index contributed by atoms with van der Waals surface area (Å²) in [7, 11) is 0. The van der Waals surface area contributed by atoms with Crippen LogP contribution in [0.4, 0.5) is 0 Å². The number of aromatic nitrogens is 1. The van der Waals surface area contributed by atoms with Crippen LogP contribution in [0.5, 0.6) is 0 Å². The molecule has 2 aromatic heterocycles. The first-order chi connectivity index (χ1) is 15.3. The minimum Gasteiger partial charge on any atom is -0.354 e. The Morgan fingerprint density at radius 1 is 0.774 bits per heavy atom. The number of nitrogens with one attached hydrogen (secondary N) is 1. The lowest BCUT2D eigenvalue weighted by atomic mass is 9.84. The van der Waals surface area contributed by atoms with Gasteiger partial charge in [0.15, 0.2) is 0 Å². The molecule has 1 aliphatic rings. The van der Waals surface area contributed by atoms with Crippen molar-refractivity contribution in [2.75, 3.05) is 0 Å². The van der Waals surface area contributed by atoms with Crippen molar-refractivity contribution in [3.05, 3.63) is 102 Å². The van der Waals surface area contributed by atoms with E-state index in [4.69, 9.17) is 0 Å². The van der Waals surface area contributed by atoms with Gasteiger partial charge in [-0.05, 0) is 58.5 Å². The third kappa shape index (κ3) is 2.49. The van der Waals surface area contributed by atoms with E-state index in [-0.39, 0.29) is 0 Å². The molecule has 1 aliphatic carbocycles. The van der Waals surface area contributed by atoms with Gasteiger partial charge in [-0.25, -0.2) is 0 Å². The molecule has 0 spiro atoms. The van der Waals surface area contributed by atoms with Gasteiger partial charge in [-0.3, -0.25) is 0 Å². The van der Waals surface area contributed by atoms with Gasteiger partial charge in [-0.2, -0.15) is 0 Å². The van der Waals surface area contributed by atoms with E-state index in [1.165, 1.54) is 64.2 Å². The van der Waals surface area contributed by atoms with Crippen molar-refractivity contribution in [1.82, 2.24) is 4.98 Å². The van der Waals surface area contributed by atoms with Gasteiger partial charge in [0.05, 0.1) is 5.69 Å². The molecule has 2 heterocycles. The van der Waals surface area contributed by atoms with Crippen LogP contribution in [0.25, 0.3) is 47.4 Å². The van der Waals surface area contributed by atoms with Gasteiger partial charge in [0, 0.05) is 36.6 Å².